The van der Waals surface area contributed by atoms with Crippen molar-refractivity contribution in [2.45, 2.75) is 89.0 Å². The zero-order valence-corrected chi connectivity index (χ0v) is 16.1. The zero-order chi connectivity index (χ0) is 16.9. The number of thiophene rings is 1. The van der Waals surface area contributed by atoms with Crippen molar-refractivity contribution < 1.29 is 9.84 Å². The van der Waals surface area contributed by atoms with Crippen LogP contribution in [0.2, 0.25) is 0 Å². The van der Waals surface area contributed by atoms with E-state index in [1.807, 2.05) is 18.3 Å². The molecule has 24 heavy (non-hydrogen) atoms. The first-order valence-electron chi connectivity index (χ1n) is 9.69. The van der Waals surface area contributed by atoms with E-state index in [9.17, 15) is 5.11 Å². The summed E-state index contributed by atoms with van der Waals surface area (Å²) in [6.45, 7) is 8.52. The first-order valence-corrected chi connectivity index (χ1v) is 10.5. The number of nitrogens with zero attached hydrogens (tertiary/aromatic N) is 1. The molecular formula is C20H31NO2S. The molecule has 1 aromatic rings. The van der Waals surface area contributed by atoms with Crippen LogP contribution in [0.5, 0.6) is 0 Å². The highest BCUT2D eigenvalue weighted by atomic mass is 32.1. The molecule has 1 saturated carbocycles. The Bertz CT molecular complexity index is 611. The van der Waals surface area contributed by atoms with Crippen LogP contribution in [0.1, 0.15) is 68.2 Å². The maximum atomic E-state index is 10.7. The minimum atomic E-state index is -0.519. The van der Waals surface area contributed by atoms with Crippen molar-refractivity contribution in [2.75, 3.05) is 13.2 Å². The van der Waals surface area contributed by atoms with E-state index in [0.29, 0.717) is 12.1 Å². The molecule has 4 rings (SSSR count). The lowest BCUT2D eigenvalue weighted by molar-refractivity contribution is -0.131. The van der Waals surface area contributed by atoms with Crippen molar-refractivity contribution in [1.82, 2.24) is 4.90 Å². The van der Waals surface area contributed by atoms with Gasteiger partial charge in [0.25, 0.3) is 0 Å². The van der Waals surface area contributed by atoms with Gasteiger partial charge in [0.1, 0.15) is 0 Å². The Morgan fingerprint density at radius 3 is 2.92 bits per heavy atom. The Hall–Kier alpha value is -0.420. The number of fused-ring (bicyclic) bond motifs is 2. The van der Waals surface area contributed by atoms with E-state index in [2.05, 4.69) is 24.8 Å². The summed E-state index contributed by atoms with van der Waals surface area (Å²) in [7, 11) is 0. The summed E-state index contributed by atoms with van der Waals surface area (Å²) in [5, 5.41) is 10.7. The number of likely N-dealkylation sites (tertiary alicyclic amines) is 1. The highest BCUT2D eigenvalue weighted by Crippen LogP contribution is 2.48. The van der Waals surface area contributed by atoms with Crippen LogP contribution in [0.3, 0.4) is 0 Å². The second-order valence-corrected chi connectivity index (χ2v) is 9.52. The number of hydrogen-bond acceptors (Lipinski definition) is 4. The van der Waals surface area contributed by atoms with Crippen LogP contribution in [0.4, 0.5) is 0 Å². The van der Waals surface area contributed by atoms with Crippen molar-refractivity contribution in [1.29, 1.82) is 0 Å². The van der Waals surface area contributed by atoms with E-state index in [1.165, 1.54) is 10.4 Å². The fourth-order valence-corrected chi connectivity index (χ4v) is 6.54. The van der Waals surface area contributed by atoms with Gasteiger partial charge >= 0.3 is 0 Å². The molecule has 3 heterocycles. The molecule has 1 saturated heterocycles. The summed E-state index contributed by atoms with van der Waals surface area (Å²) in [5.74, 6) is 0. The van der Waals surface area contributed by atoms with Crippen LogP contribution in [0.15, 0.2) is 6.07 Å². The van der Waals surface area contributed by atoms with Gasteiger partial charge in [-0.25, -0.2) is 0 Å². The lowest BCUT2D eigenvalue weighted by Crippen LogP contribution is -2.57. The topological polar surface area (TPSA) is 32.7 Å². The van der Waals surface area contributed by atoms with E-state index in [0.717, 1.165) is 58.1 Å². The van der Waals surface area contributed by atoms with Crippen LogP contribution < -0.4 is 0 Å². The number of piperidine rings is 1. The molecule has 2 unspecified atom stereocenters. The van der Waals surface area contributed by atoms with E-state index < -0.39 is 5.60 Å². The summed E-state index contributed by atoms with van der Waals surface area (Å²) < 4.78 is 6.44. The van der Waals surface area contributed by atoms with Crippen LogP contribution in [-0.2, 0) is 23.2 Å². The number of ether oxygens (including phenoxy) is 1. The van der Waals surface area contributed by atoms with Crippen LogP contribution in [0.25, 0.3) is 0 Å². The number of aryl methyl sites for hydroxylation is 1. The maximum Gasteiger partial charge on any atom is 0.0969 e. The predicted octanol–water partition coefficient (Wildman–Crippen LogP) is 3.87. The first kappa shape index (κ1) is 17.0. The number of hydrogen-bond donors (Lipinski definition) is 1. The Labute approximate surface area is 150 Å². The van der Waals surface area contributed by atoms with Crippen molar-refractivity contribution in [3.63, 3.8) is 0 Å². The Kier molecular flexibility index (Phi) is 4.31. The van der Waals surface area contributed by atoms with Crippen LogP contribution >= 0.6 is 11.3 Å². The molecule has 2 aliphatic heterocycles. The monoisotopic (exact) mass is 349 g/mol. The fourth-order valence-electron chi connectivity index (χ4n) is 5.37. The van der Waals surface area contributed by atoms with Crippen molar-refractivity contribution in [2.24, 2.45) is 0 Å². The lowest BCUT2D eigenvalue weighted by Gasteiger charge is -2.50. The summed E-state index contributed by atoms with van der Waals surface area (Å²) in [6, 6.07) is 3.21. The Balaban J connectivity index is 1.58. The molecule has 1 spiro atoms. The molecule has 0 aromatic carbocycles. The Morgan fingerprint density at radius 2 is 2.25 bits per heavy atom. The summed E-state index contributed by atoms with van der Waals surface area (Å²) in [5.41, 5.74) is 0.896. The van der Waals surface area contributed by atoms with Crippen LogP contribution in [-0.4, -0.2) is 40.8 Å². The molecule has 4 heteroatoms. The minimum absolute atomic E-state index is 0.0715. The SMILES string of the molecule is CCc1cc2c(s1)CCO[C@@]21CCN(C2CCCC2(C)O)[C@@H](C)C1. The largest absolute Gasteiger partial charge is 0.389 e. The van der Waals surface area contributed by atoms with Crippen molar-refractivity contribution in [3.8, 4) is 0 Å². The molecule has 0 radical (unpaired) electrons. The Morgan fingerprint density at radius 1 is 1.42 bits per heavy atom. The van der Waals surface area contributed by atoms with E-state index in [-0.39, 0.29) is 5.60 Å². The highest BCUT2D eigenvalue weighted by Gasteiger charge is 2.49. The third-order valence-corrected chi connectivity index (χ3v) is 7.99. The third kappa shape index (κ3) is 2.66. The van der Waals surface area contributed by atoms with Gasteiger partial charge in [-0.1, -0.05) is 6.92 Å². The van der Waals surface area contributed by atoms with Gasteiger partial charge in [0, 0.05) is 34.8 Å². The van der Waals surface area contributed by atoms with Crippen molar-refractivity contribution in [3.05, 3.63) is 21.4 Å². The normalized spacial score (nSPS) is 40.2. The van der Waals surface area contributed by atoms with Gasteiger partial charge in [-0.3, -0.25) is 4.90 Å². The van der Waals surface area contributed by atoms with Gasteiger partial charge in [-0.15, -0.1) is 11.3 Å². The molecule has 1 aromatic heterocycles. The minimum Gasteiger partial charge on any atom is -0.389 e. The van der Waals surface area contributed by atoms with Gasteiger partial charge in [-0.2, -0.15) is 0 Å². The van der Waals surface area contributed by atoms with Gasteiger partial charge in [0.2, 0.25) is 0 Å². The predicted molar refractivity (Wildman–Crippen MR) is 98.7 cm³/mol. The molecule has 3 nitrogen and oxygen atoms in total. The van der Waals surface area contributed by atoms with E-state index in [1.54, 1.807) is 4.88 Å². The second kappa shape index (κ2) is 6.08. The smallest absolute Gasteiger partial charge is 0.0969 e. The van der Waals surface area contributed by atoms with Crippen molar-refractivity contribution >= 4 is 11.3 Å². The molecule has 2 fully saturated rings. The van der Waals surface area contributed by atoms with E-state index in [4.69, 9.17) is 4.74 Å². The van der Waals surface area contributed by atoms with Gasteiger partial charge in [0.15, 0.2) is 0 Å². The quantitative estimate of drug-likeness (QED) is 0.880. The first-order chi connectivity index (χ1) is 11.5. The fraction of sp³-hybridized carbons (Fsp3) is 0.800. The zero-order valence-electron chi connectivity index (χ0n) is 15.3. The molecular weight excluding hydrogens is 318 g/mol. The third-order valence-electron chi connectivity index (χ3n) is 6.65. The molecule has 4 atom stereocenters. The summed E-state index contributed by atoms with van der Waals surface area (Å²) >= 11 is 2.00. The number of aliphatic hydroxyl groups is 1. The molecule has 1 aliphatic carbocycles. The summed E-state index contributed by atoms with van der Waals surface area (Å²) in [6.07, 6.45) is 7.56. The van der Waals surface area contributed by atoms with Gasteiger partial charge in [0.05, 0.1) is 17.8 Å². The lowest BCUT2D eigenvalue weighted by atomic mass is 9.78. The van der Waals surface area contributed by atoms with Gasteiger partial charge in [-0.05, 0) is 64.0 Å². The van der Waals surface area contributed by atoms with E-state index >= 15 is 0 Å². The molecule has 0 bridgehead atoms. The second-order valence-electron chi connectivity index (χ2n) is 8.30. The standard InChI is InChI=1S/C20H31NO2S/c1-4-15-12-16-17(24-15)7-11-23-20(16)9-10-21(14(2)13-20)18-6-5-8-19(18,3)22/h12,14,18,22H,4-11,13H2,1-3H3/t14-,18?,19?,20+/m0/s1. The molecule has 0 amide bonds. The summed E-state index contributed by atoms with van der Waals surface area (Å²) in [4.78, 5) is 5.63. The highest BCUT2D eigenvalue weighted by molar-refractivity contribution is 7.12. The number of rotatable bonds is 2. The molecule has 3 aliphatic rings. The molecule has 1 N–H and O–H groups in total. The maximum absolute atomic E-state index is 10.7. The average Bonchev–Trinajstić information content (AvgIpc) is 3.11. The molecule has 134 valence electrons. The van der Waals surface area contributed by atoms with Gasteiger partial charge < -0.3 is 9.84 Å². The van der Waals surface area contributed by atoms with Crippen LogP contribution in [0, 0.1) is 0 Å². The average molecular weight is 350 g/mol.